The molecule has 1 N–H and O–H groups in total. The first-order valence-corrected chi connectivity index (χ1v) is 3.42. The van der Waals surface area contributed by atoms with Gasteiger partial charge in [0.25, 0.3) is 0 Å². The zero-order valence-corrected chi connectivity index (χ0v) is 5.26. The third kappa shape index (κ3) is 0.605. The van der Waals surface area contributed by atoms with E-state index in [2.05, 4.69) is 5.32 Å². The van der Waals surface area contributed by atoms with Gasteiger partial charge in [-0.15, -0.1) is 0 Å². The van der Waals surface area contributed by atoms with Gasteiger partial charge in [0.1, 0.15) is 0 Å². The van der Waals surface area contributed by atoms with E-state index < -0.39 is 0 Å². The van der Waals surface area contributed by atoms with Gasteiger partial charge in [0.15, 0.2) is 0 Å². The molecular weight excluding hydrogens is 116 g/mol. The van der Waals surface area contributed by atoms with Gasteiger partial charge < -0.3 is 10.2 Å². The first-order valence-electron chi connectivity index (χ1n) is 3.42. The minimum atomic E-state index is 0.137. The molecule has 2 saturated heterocycles. The highest BCUT2D eigenvalue weighted by Gasteiger charge is 2.33. The molecule has 3 heteroatoms. The van der Waals surface area contributed by atoms with Gasteiger partial charge >= 0.3 is 6.03 Å². The third-order valence-corrected chi connectivity index (χ3v) is 2.13. The van der Waals surface area contributed by atoms with E-state index in [1.165, 1.54) is 12.8 Å². The Morgan fingerprint density at radius 3 is 3.33 bits per heavy atom. The summed E-state index contributed by atoms with van der Waals surface area (Å²) in [5.41, 5.74) is 0. The topological polar surface area (TPSA) is 32.3 Å². The molecule has 50 valence electrons. The summed E-state index contributed by atoms with van der Waals surface area (Å²) in [5, 5.41) is 2.81. The van der Waals surface area contributed by atoms with Crippen LogP contribution < -0.4 is 5.32 Å². The Bertz CT molecular complexity index is 146. The van der Waals surface area contributed by atoms with Crippen molar-refractivity contribution in [3.63, 3.8) is 0 Å². The highest BCUT2D eigenvalue weighted by molar-refractivity contribution is 5.77. The number of hydrogen-bond donors (Lipinski definition) is 1. The van der Waals surface area contributed by atoms with Gasteiger partial charge in [-0.1, -0.05) is 0 Å². The van der Waals surface area contributed by atoms with Crippen LogP contribution >= 0.6 is 0 Å². The average Bonchev–Trinajstić information content (AvgIpc) is 2.35. The fourth-order valence-corrected chi connectivity index (χ4v) is 1.62. The molecular formula is C6H10N2O. The van der Waals surface area contributed by atoms with Crippen LogP contribution in [-0.4, -0.2) is 30.1 Å². The summed E-state index contributed by atoms with van der Waals surface area (Å²) in [4.78, 5) is 12.8. The fraction of sp³-hybridized carbons (Fsp3) is 0.833. The summed E-state index contributed by atoms with van der Waals surface area (Å²) in [6.45, 7) is 1.84. The Morgan fingerprint density at radius 1 is 1.67 bits per heavy atom. The molecule has 0 aromatic carbocycles. The molecule has 2 heterocycles. The standard InChI is InChI=1S/C6H10N2O/c9-6-7-4-5-2-1-3-8(5)6/h5H,1-4H2,(H,7,9)/t5-/m0/s1. The lowest BCUT2D eigenvalue weighted by molar-refractivity contribution is 0.216. The van der Waals surface area contributed by atoms with Crippen LogP contribution in [0.5, 0.6) is 0 Å². The Kier molecular flexibility index (Phi) is 0.917. The molecule has 2 aliphatic rings. The number of urea groups is 1. The van der Waals surface area contributed by atoms with E-state index in [0.29, 0.717) is 6.04 Å². The van der Waals surface area contributed by atoms with Crippen LogP contribution in [0.1, 0.15) is 12.8 Å². The van der Waals surface area contributed by atoms with Crippen molar-refractivity contribution in [1.29, 1.82) is 0 Å². The highest BCUT2D eigenvalue weighted by atomic mass is 16.2. The van der Waals surface area contributed by atoms with Crippen molar-refractivity contribution in [3.05, 3.63) is 0 Å². The second-order valence-electron chi connectivity index (χ2n) is 2.68. The molecule has 9 heavy (non-hydrogen) atoms. The minimum absolute atomic E-state index is 0.137. The lowest BCUT2D eigenvalue weighted by atomic mass is 10.2. The van der Waals surface area contributed by atoms with Gasteiger partial charge in [0.2, 0.25) is 0 Å². The van der Waals surface area contributed by atoms with Crippen molar-refractivity contribution < 1.29 is 4.79 Å². The predicted molar refractivity (Wildman–Crippen MR) is 33.1 cm³/mol. The summed E-state index contributed by atoms with van der Waals surface area (Å²) >= 11 is 0. The number of nitrogens with zero attached hydrogens (tertiary/aromatic N) is 1. The summed E-state index contributed by atoms with van der Waals surface area (Å²) < 4.78 is 0. The van der Waals surface area contributed by atoms with Crippen LogP contribution in [0.4, 0.5) is 4.79 Å². The van der Waals surface area contributed by atoms with Crippen LogP contribution in [0, 0.1) is 0 Å². The molecule has 1 atom stereocenters. The van der Waals surface area contributed by atoms with Crippen molar-refractivity contribution in [2.45, 2.75) is 18.9 Å². The normalized spacial score (nSPS) is 32.7. The van der Waals surface area contributed by atoms with Crippen molar-refractivity contribution in [1.82, 2.24) is 10.2 Å². The Hall–Kier alpha value is -0.730. The molecule has 2 amide bonds. The molecule has 3 nitrogen and oxygen atoms in total. The first-order chi connectivity index (χ1) is 4.38. The Morgan fingerprint density at radius 2 is 2.56 bits per heavy atom. The molecule has 0 radical (unpaired) electrons. The number of hydrogen-bond acceptors (Lipinski definition) is 1. The number of carbonyl (C=O) groups is 1. The maximum atomic E-state index is 10.9. The average molecular weight is 126 g/mol. The SMILES string of the molecule is O=C1NC[C@@H]2CCCN12. The number of fused-ring (bicyclic) bond motifs is 1. The predicted octanol–water partition coefficient (Wildman–Crippen LogP) is 0.174. The van der Waals surface area contributed by atoms with Gasteiger partial charge in [0.05, 0.1) is 6.04 Å². The van der Waals surface area contributed by atoms with E-state index >= 15 is 0 Å². The van der Waals surface area contributed by atoms with E-state index in [0.717, 1.165) is 13.1 Å². The molecule has 0 aliphatic carbocycles. The molecule has 0 aromatic heterocycles. The number of rotatable bonds is 0. The van der Waals surface area contributed by atoms with Crippen LogP contribution in [0.25, 0.3) is 0 Å². The number of amides is 2. The lowest BCUT2D eigenvalue weighted by Crippen LogP contribution is -2.28. The molecule has 0 bridgehead atoms. The zero-order valence-electron chi connectivity index (χ0n) is 5.26. The van der Waals surface area contributed by atoms with Gasteiger partial charge in [0, 0.05) is 13.1 Å². The molecule has 2 rings (SSSR count). The van der Waals surface area contributed by atoms with E-state index in [9.17, 15) is 4.79 Å². The Balaban J connectivity index is 2.15. The van der Waals surface area contributed by atoms with Crippen LogP contribution in [0.2, 0.25) is 0 Å². The minimum Gasteiger partial charge on any atom is -0.336 e. The van der Waals surface area contributed by atoms with E-state index in [4.69, 9.17) is 0 Å². The molecule has 0 saturated carbocycles. The molecule has 2 fully saturated rings. The third-order valence-electron chi connectivity index (χ3n) is 2.13. The van der Waals surface area contributed by atoms with E-state index in [1.54, 1.807) is 0 Å². The van der Waals surface area contributed by atoms with Gasteiger partial charge in [-0.05, 0) is 12.8 Å². The molecule has 0 unspecified atom stereocenters. The largest absolute Gasteiger partial charge is 0.336 e. The summed E-state index contributed by atoms with van der Waals surface area (Å²) in [6.07, 6.45) is 2.39. The smallest absolute Gasteiger partial charge is 0.317 e. The van der Waals surface area contributed by atoms with Gasteiger partial charge in [-0.25, -0.2) is 4.79 Å². The number of nitrogens with one attached hydrogen (secondary N) is 1. The van der Waals surface area contributed by atoms with Crippen molar-refractivity contribution >= 4 is 6.03 Å². The van der Waals surface area contributed by atoms with E-state index in [1.807, 2.05) is 4.90 Å². The van der Waals surface area contributed by atoms with Crippen LogP contribution in [0.3, 0.4) is 0 Å². The van der Waals surface area contributed by atoms with E-state index in [-0.39, 0.29) is 6.03 Å². The maximum absolute atomic E-state index is 10.9. The molecule has 0 aromatic rings. The second kappa shape index (κ2) is 1.62. The maximum Gasteiger partial charge on any atom is 0.317 e. The van der Waals surface area contributed by atoms with Gasteiger partial charge in [-0.3, -0.25) is 0 Å². The zero-order chi connectivity index (χ0) is 6.27. The summed E-state index contributed by atoms with van der Waals surface area (Å²) in [6, 6.07) is 0.662. The molecule has 0 spiro atoms. The first kappa shape index (κ1) is 5.09. The van der Waals surface area contributed by atoms with Crippen molar-refractivity contribution in [3.8, 4) is 0 Å². The fourth-order valence-electron chi connectivity index (χ4n) is 1.62. The quantitative estimate of drug-likeness (QED) is 0.493. The number of carbonyl (C=O) groups excluding carboxylic acids is 1. The van der Waals surface area contributed by atoms with Crippen molar-refractivity contribution in [2.75, 3.05) is 13.1 Å². The summed E-state index contributed by atoms with van der Waals surface area (Å²) in [5.74, 6) is 0. The Labute approximate surface area is 54.0 Å². The monoisotopic (exact) mass is 126 g/mol. The van der Waals surface area contributed by atoms with Crippen LogP contribution in [-0.2, 0) is 0 Å². The van der Waals surface area contributed by atoms with Crippen molar-refractivity contribution in [2.24, 2.45) is 0 Å². The van der Waals surface area contributed by atoms with Gasteiger partial charge in [-0.2, -0.15) is 0 Å². The molecule has 2 aliphatic heterocycles. The van der Waals surface area contributed by atoms with Crippen LogP contribution in [0.15, 0.2) is 0 Å². The lowest BCUT2D eigenvalue weighted by Gasteiger charge is -2.10. The summed E-state index contributed by atoms with van der Waals surface area (Å²) in [7, 11) is 0. The second-order valence-corrected chi connectivity index (χ2v) is 2.68. The highest BCUT2D eigenvalue weighted by Crippen LogP contribution is 2.19.